The summed E-state index contributed by atoms with van der Waals surface area (Å²) < 4.78 is 6.12. The van der Waals surface area contributed by atoms with Gasteiger partial charge >= 0.3 is 0 Å². The van der Waals surface area contributed by atoms with Crippen molar-refractivity contribution < 1.29 is 9.53 Å². The lowest BCUT2D eigenvalue weighted by molar-refractivity contribution is -0.126. The fourth-order valence-corrected chi connectivity index (χ4v) is 6.05. The second kappa shape index (κ2) is 11.4. The van der Waals surface area contributed by atoms with Crippen molar-refractivity contribution >= 4 is 23.1 Å². The van der Waals surface area contributed by atoms with Crippen LogP contribution in [0, 0.1) is 5.92 Å². The molecule has 2 aromatic heterocycles. The number of pyridine rings is 1. The van der Waals surface area contributed by atoms with Crippen LogP contribution in [-0.2, 0) is 14.9 Å². The van der Waals surface area contributed by atoms with Gasteiger partial charge in [-0.3, -0.25) is 19.7 Å². The summed E-state index contributed by atoms with van der Waals surface area (Å²) in [5.74, 6) is 0.581. The van der Waals surface area contributed by atoms with E-state index < -0.39 is 11.0 Å². The molecule has 0 radical (unpaired) electrons. The summed E-state index contributed by atoms with van der Waals surface area (Å²) in [6.45, 7) is 13.0. The molecular formula is C28H40N6O2S. The van der Waals surface area contributed by atoms with E-state index in [2.05, 4.69) is 68.0 Å². The van der Waals surface area contributed by atoms with E-state index in [1.165, 1.54) is 11.3 Å². The van der Waals surface area contributed by atoms with E-state index in [1.807, 2.05) is 17.5 Å². The molecule has 2 aliphatic rings. The number of nitrogens with one attached hydrogen (secondary N) is 1. The van der Waals surface area contributed by atoms with E-state index in [-0.39, 0.29) is 11.8 Å². The predicted octanol–water partition coefficient (Wildman–Crippen LogP) is 3.62. The monoisotopic (exact) mass is 524 g/mol. The van der Waals surface area contributed by atoms with E-state index in [1.54, 1.807) is 12.4 Å². The minimum absolute atomic E-state index is 0.101. The zero-order valence-electron chi connectivity index (χ0n) is 23.0. The van der Waals surface area contributed by atoms with Crippen molar-refractivity contribution in [1.29, 1.82) is 0 Å². The number of hydrogen-bond donors (Lipinski definition) is 1. The minimum atomic E-state index is -1.20. The van der Waals surface area contributed by atoms with Gasteiger partial charge in [0, 0.05) is 43.0 Å². The zero-order chi connectivity index (χ0) is 26.6. The van der Waals surface area contributed by atoms with Gasteiger partial charge in [0.15, 0.2) is 5.41 Å². The lowest BCUT2D eigenvalue weighted by Crippen LogP contribution is -2.65. The number of nitrogens with zero attached hydrogens (tertiary/aromatic N) is 5. The summed E-state index contributed by atoms with van der Waals surface area (Å²) in [5.41, 5.74) is 1.01. The number of rotatable bonds is 11. The van der Waals surface area contributed by atoms with Gasteiger partial charge in [0.25, 0.3) is 0 Å². The van der Waals surface area contributed by atoms with Gasteiger partial charge in [-0.05, 0) is 50.7 Å². The first-order chi connectivity index (χ1) is 17.8. The lowest BCUT2D eigenvalue weighted by Gasteiger charge is -2.47. The molecule has 2 atom stereocenters. The summed E-state index contributed by atoms with van der Waals surface area (Å²) in [5, 5.41) is 6.26. The van der Waals surface area contributed by atoms with Crippen LogP contribution in [0.2, 0.25) is 0 Å². The number of likely N-dealkylation sites (N-methyl/N-ethyl adjacent to an activating group) is 2. The molecule has 2 unspecified atom stereocenters. The standard InChI is InChI=1S/C28H40N6O2S/c1-7-27(20(3)4)17-22(18-34(8-2)15-14-33(5)6)28(25(35)32-27,26-30-13-16-36-26)23-19-37-24(31-23)21-9-11-29-12-10-21/h9-12,17,19-20H,7-8,13-16,18H2,1-6H3,(H,32,35). The number of thiazole rings is 1. The molecule has 0 spiro atoms. The van der Waals surface area contributed by atoms with Crippen LogP contribution in [0.5, 0.6) is 0 Å². The first kappa shape index (κ1) is 27.4. The Kier molecular flexibility index (Phi) is 8.46. The molecule has 8 nitrogen and oxygen atoms in total. The van der Waals surface area contributed by atoms with Crippen LogP contribution >= 0.6 is 11.3 Å². The Morgan fingerprint density at radius 1 is 1.19 bits per heavy atom. The highest BCUT2D eigenvalue weighted by Gasteiger charge is 2.58. The Balaban J connectivity index is 1.90. The molecule has 2 aliphatic heterocycles. The quantitative estimate of drug-likeness (QED) is 0.452. The number of ether oxygens (including phenoxy) is 1. The second-order valence-electron chi connectivity index (χ2n) is 10.4. The second-order valence-corrected chi connectivity index (χ2v) is 11.3. The van der Waals surface area contributed by atoms with Crippen LogP contribution in [0.1, 0.15) is 39.8 Å². The molecule has 0 saturated carbocycles. The molecule has 4 heterocycles. The Bertz CT molecular complexity index is 1140. The highest BCUT2D eigenvalue weighted by Crippen LogP contribution is 2.44. The molecule has 0 bridgehead atoms. The predicted molar refractivity (Wildman–Crippen MR) is 150 cm³/mol. The molecule has 0 fully saturated rings. The Labute approximate surface area is 224 Å². The smallest absolute Gasteiger partial charge is 0.246 e. The molecule has 1 amide bonds. The fourth-order valence-electron chi connectivity index (χ4n) is 5.17. The summed E-state index contributed by atoms with van der Waals surface area (Å²) in [6, 6.07) is 3.88. The molecule has 2 aromatic rings. The zero-order valence-corrected chi connectivity index (χ0v) is 23.8. The first-order valence-corrected chi connectivity index (χ1v) is 14.1. The summed E-state index contributed by atoms with van der Waals surface area (Å²) in [4.78, 5) is 33.0. The molecule has 4 rings (SSSR count). The van der Waals surface area contributed by atoms with Crippen molar-refractivity contribution in [2.45, 2.75) is 45.1 Å². The summed E-state index contributed by atoms with van der Waals surface area (Å²) in [7, 11) is 4.17. The molecule has 37 heavy (non-hydrogen) atoms. The number of carbonyl (C=O) groups is 1. The first-order valence-electron chi connectivity index (χ1n) is 13.2. The van der Waals surface area contributed by atoms with Gasteiger partial charge < -0.3 is 15.0 Å². The van der Waals surface area contributed by atoms with Gasteiger partial charge in [0.2, 0.25) is 11.8 Å². The van der Waals surface area contributed by atoms with Crippen molar-refractivity contribution in [2.75, 3.05) is 53.4 Å². The summed E-state index contributed by atoms with van der Waals surface area (Å²) >= 11 is 1.53. The highest BCUT2D eigenvalue weighted by molar-refractivity contribution is 7.13. The van der Waals surface area contributed by atoms with Gasteiger partial charge in [0.05, 0.1) is 17.8 Å². The minimum Gasteiger partial charge on any atom is -0.478 e. The maximum absolute atomic E-state index is 14.5. The average Bonchev–Trinajstić information content (AvgIpc) is 3.60. The number of carbonyl (C=O) groups excluding carboxylic acids is 1. The van der Waals surface area contributed by atoms with Gasteiger partial charge in [-0.2, -0.15) is 0 Å². The van der Waals surface area contributed by atoms with Crippen molar-refractivity contribution in [3.8, 4) is 10.6 Å². The molecule has 0 aliphatic carbocycles. The van der Waals surface area contributed by atoms with Crippen LogP contribution in [0.3, 0.4) is 0 Å². The molecule has 0 aromatic carbocycles. The van der Waals surface area contributed by atoms with Crippen LogP contribution < -0.4 is 5.32 Å². The molecule has 1 N–H and O–H groups in total. The van der Waals surface area contributed by atoms with E-state index in [4.69, 9.17) is 14.7 Å². The van der Waals surface area contributed by atoms with Crippen LogP contribution in [0.25, 0.3) is 10.6 Å². The Hall–Kier alpha value is -2.62. The fraction of sp³-hybridized carbons (Fsp3) is 0.571. The van der Waals surface area contributed by atoms with Crippen LogP contribution in [0.4, 0.5) is 0 Å². The van der Waals surface area contributed by atoms with Crippen molar-refractivity contribution in [1.82, 2.24) is 25.1 Å². The number of aromatic nitrogens is 2. The Morgan fingerprint density at radius 2 is 1.95 bits per heavy atom. The van der Waals surface area contributed by atoms with Gasteiger partial charge in [-0.25, -0.2) is 4.98 Å². The van der Waals surface area contributed by atoms with E-state index >= 15 is 0 Å². The highest BCUT2D eigenvalue weighted by atomic mass is 32.1. The number of hydrogen-bond acceptors (Lipinski definition) is 8. The van der Waals surface area contributed by atoms with Crippen molar-refractivity contribution in [3.63, 3.8) is 0 Å². The number of aliphatic imine (C=N–C) groups is 1. The maximum atomic E-state index is 14.5. The average molecular weight is 525 g/mol. The van der Waals surface area contributed by atoms with Crippen molar-refractivity contribution in [3.05, 3.63) is 47.2 Å². The molecule has 200 valence electrons. The largest absolute Gasteiger partial charge is 0.478 e. The molecule has 9 heteroatoms. The number of amides is 1. The third-order valence-electron chi connectivity index (χ3n) is 7.64. The van der Waals surface area contributed by atoms with E-state index in [0.717, 1.165) is 42.2 Å². The SMILES string of the molecule is CCN(CCN(C)C)CC1=CC(CC)(C(C)C)NC(=O)C1(C1=NCCO1)c1csc(-c2ccncc2)n1. The van der Waals surface area contributed by atoms with Crippen LogP contribution in [-0.4, -0.2) is 90.5 Å². The van der Waals surface area contributed by atoms with Crippen molar-refractivity contribution in [2.24, 2.45) is 10.9 Å². The van der Waals surface area contributed by atoms with Crippen LogP contribution in [0.15, 0.2) is 46.5 Å². The van der Waals surface area contributed by atoms with Gasteiger partial charge in [-0.1, -0.05) is 33.8 Å². The van der Waals surface area contributed by atoms with E-state index in [0.29, 0.717) is 31.3 Å². The Morgan fingerprint density at radius 3 is 2.54 bits per heavy atom. The summed E-state index contributed by atoms with van der Waals surface area (Å²) in [6.07, 6.45) is 6.62. The third kappa shape index (κ3) is 5.22. The normalized spacial score (nSPS) is 23.9. The molecular weight excluding hydrogens is 484 g/mol. The van der Waals surface area contributed by atoms with Gasteiger partial charge in [0.1, 0.15) is 11.6 Å². The maximum Gasteiger partial charge on any atom is 0.246 e. The van der Waals surface area contributed by atoms with E-state index in [9.17, 15) is 4.79 Å². The topological polar surface area (TPSA) is 83.0 Å². The lowest BCUT2D eigenvalue weighted by atomic mass is 9.67. The molecule has 0 saturated heterocycles. The third-order valence-corrected chi connectivity index (χ3v) is 8.53. The van der Waals surface area contributed by atoms with Gasteiger partial charge in [-0.15, -0.1) is 11.3 Å².